The third-order valence-electron chi connectivity index (χ3n) is 4.46. The molecule has 1 heterocycles. The molecule has 1 fully saturated rings. The van der Waals surface area contributed by atoms with Gasteiger partial charge in [-0.2, -0.15) is 0 Å². The Morgan fingerprint density at radius 2 is 2.12 bits per heavy atom. The molecular formula is C18H23N3O5. The lowest BCUT2D eigenvalue weighted by Crippen LogP contribution is -2.48. The van der Waals surface area contributed by atoms with Crippen molar-refractivity contribution >= 4 is 36.3 Å². The largest absolute Gasteiger partial charge is 0.492 e. The molecule has 0 bridgehead atoms. The van der Waals surface area contributed by atoms with E-state index in [4.69, 9.17) is 4.74 Å². The van der Waals surface area contributed by atoms with Crippen LogP contribution in [0.3, 0.4) is 0 Å². The zero-order valence-corrected chi connectivity index (χ0v) is 14.9. The number of benzene rings is 1. The van der Waals surface area contributed by atoms with Gasteiger partial charge in [-0.3, -0.25) is 14.5 Å². The molecule has 1 unspecified atom stereocenters. The summed E-state index contributed by atoms with van der Waals surface area (Å²) in [7, 11) is 2.97. The Bertz CT molecular complexity index is 673. The normalized spacial score (nSPS) is 14.8. The number of aldehydes is 2. The van der Waals surface area contributed by atoms with Crippen LogP contribution in [0.25, 0.3) is 0 Å². The number of ether oxygens (including phenoxy) is 1. The Morgan fingerprint density at radius 1 is 1.38 bits per heavy atom. The highest BCUT2D eigenvalue weighted by Gasteiger charge is 2.32. The Balaban J connectivity index is 2.39. The standard InChI is InChI=1S/C18H23N3O5/c1-19-18(25)16(7-4-8-22)21(12-24)15-6-3-5-14(17(15)26-2)20-9-13(10-20)11-23/h3,5-6,8,11-13,16H,4,7,9-10H2,1-2H3,(H,19,25). The summed E-state index contributed by atoms with van der Waals surface area (Å²) in [6.07, 6.45) is 2.55. The van der Waals surface area contributed by atoms with E-state index in [1.807, 2.05) is 11.0 Å². The number of amides is 2. The molecule has 140 valence electrons. The van der Waals surface area contributed by atoms with E-state index in [0.29, 0.717) is 37.2 Å². The van der Waals surface area contributed by atoms with Gasteiger partial charge in [-0.25, -0.2) is 0 Å². The Morgan fingerprint density at radius 3 is 2.65 bits per heavy atom. The molecule has 8 nitrogen and oxygen atoms in total. The van der Waals surface area contributed by atoms with Gasteiger partial charge in [0, 0.05) is 32.5 Å². The molecular weight excluding hydrogens is 338 g/mol. The van der Waals surface area contributed by atoms with Gasteiger partial charge in [-0.15, -0.1) is 0 Å². The fourth-order valence-corrected chi connectivity index (χ4v) is 3.06. The van der Waals surface area contributed by atoms with Gasteiger partial charge in [0.1, 0.15) is 18.6 Å². The van der Waals surface area contributed by atoms with Crippen LogP contribution in [0, 0.1) is 5.92 Å². The topological polar surface area (TPSA) is 96.0 Å². The van der Waals surface area contributed by atoms with Crippen LogP contribution in [0.2, 0.25) is 0 Å². The maximum atomic E-state index is 12.2. The first-order chi connectivity index (χ1) is 12.6. The number of anilines is 2. The Kier molecular flexibility index (Phi) is 6.71. The molecule has 1 aromatic carbocycles. The van der Waals surface area contributed by atoms with Crippen molar-refractivity contribution in [3.8, 4) is 5.75 Å². The molecule has 0 aromatic heterocycles. The number of carbonyl (C=O) groups is 4. The SMILES string of the molecule is CNC(=O)C(CCC=O)N(C=O)c1cccc(N2CC(C=O)C2)c1OC. The van der Waals surface area contributed by atoms with Crippen LogP contribution < -0.4 is 19.9 Å². The van der Waals surface area contributed by atoms with Crippen LogP contribution in [-0.2, 0) is 19.2 Å². The molecule has 1 atom stereocenters. The van der Waals surface area contributed by atoms with Crippen LogP contribution >= 0.6 is 0 Å². The summed E-state index contributed by atoms with van der Waals surface area (Å²) in [5.74, 6) is 0.0667. The fourth-order valence-electron chi connectivity index (χ4n) is 3.06. The molecule has 2 amide bonds. The number of nitrogens with one attached hydrogen (secondary N) is 1. The smallest absolute Gasteiger partial charge is 0.242 e. The summed E-state index contributed by atoms with van der Waals surface area (Å²) < 4.78 is 5.52. The van der Waals surface area contributed by atoms with Crippen molar-refractivity contribution in [3.05, 3.63) is 18.2 Å². The molecule has 1 aliphatic heterocycles. The number of likely N-dealkylation sites (N-methyl/N-ethyl adjacent to an activating group) is 1. The van der Waals surface area contributed by atoms with E-state index in [2.05, 4.69) is 5.32 Å². The molecule has 1 N–H and O–H groups in total. The van der Waals surface area contributed by atoms with Crippen LogP contribution in [0.5, 0.6) is 5.75 Å². The zero-order valence-electron chi connectivity index (χ0n) is 14.9. The minimum atomic E-state index is -0.828. The van der Waals surface area contributed by atoms with Crippen molar-refractivity contribution in [2.75, 3.05) is 37.0 Å². The summed E-state index contributed by atoms with van der Waals surface area (Å²) in [4.78, 5) is 48.9. The average molecular weight is 361 g/mol. The molecule has 1 saturated heterocycles. The Labute approximate surface area is 152 Å². The number of methoxy groups -OCH3 is 1. The third kappa shape index (κ3) is 3.84. The van der Waals surface area contributed by atoms with E-state index in [0.717, 1.165) is 12.0 Å². The Hall–Kier alpha value is -2.90. The highest BCUT2D eigenvalue weighted by Crippen LogP contribution is 2.40. The number of rotatable bonds is 10. The minimum Gasteiger partial charge on any atom is -0.492 e. The average Bonchev–Trinajstić information content (AvgIpc) is 2.63. The van der Waals surface area contributed by atoms with Gasteiger partial charge in [-0.1, -0.05) is 6.07 Å². The zero-order chi connectivity index (χ0) is 19.1. The lowest BCUT2D eigenvalue weighted by molar-refractivity contribution is -0.123. The van der Waals surface area contributed by atoms with Crippen LogP contribution in [0.1, 0.15) is 12.8 Å². The van der Waals surface area contributed by atoms with Gasteiger partial charge in [0.25, 0.3) is 0 Å². The minimum absolute atomic E-state index is 0.0169. The predicted molar refractivity (Wildman–Crippen MR) is 96.5 cm³/mol. The van der Waals surface area contributed by atoms with Crippen molar-refractivity contribution in [2.24, 2.45) is 5.92 Å². The summed E-state index contributed by atoms with van der Waals surface area (Å²) >= 11 is 0. The molecule has 1 aromatic rings. The highest BCUT2D eigenvalue weighted by atomic mass is 16.5. The molecule has 1 aliphatic rings. The number of para-hydroxylation sites is 1. The van der Waals surface area contributed by atoms with E-state index < -0.39 is 6.04 Å². The number of hydrogen-bond acceptors (Lipinski definition) is 6. The van der Waals surface area contributed by atoms with Gasteiger partial charge >= 0.3 is 0 Å². The van der Waals surface area contributed by atoms with Crippen molar-refractivity contribution < 1.29 is 23.9 Å². The molecule has 0 spiro atoms. The summed E-state index contributed by atoms with van der Waals surface area (Å²) in [6, 6.07) is 4.46. The molecule has 0 saturated carbocycles. The highest BCUT2D eigenvalue weighted by molar-refractivity contribution is 5.94. The lowest BCUT2D eigenvalue weighted by atomic mass is 10.0. The predicted octanol–water partition coefficient (Wildman–Crippen LogP) is 0.387. The monoisotopic (exact) mass is 361 g/mol. The molecule has 0 radical (unpaired) electrons. The number of hydrogen-bond donors (Lipinski definition) is 1. The molecule has 2 rings (SSSR count). The van der Waals surface area contributed by atoms with E-state index in [1.54, 1.807) is 12.1 Å². The van der Waals surface area contributed by atoms with E-state index >= 15 is 0 Å². The molecule has 26 heavy (non-hydrogen) atoms. The van der Waals surface area contributed by atoms with Gasteiger partial charge in [-0.05, 0) is 18.6 Å². The first-order valence-corrected chi connectivity index (χ1v) is 8.37. The maximum absolute atomic E-state index is 12.2. The van der Waals surface area contributed by atoms with Crippen molar-refractivity contribution in [1.29, 1.82) is 0 Å². The van der Waals surface area contributed by atoms with Gasteiger partial charge in [0.15, 0.2) is 5.75 Å². The van der Waals surface area contributed by atoms with E-state index in [9.17, 15) is 19.2 Å². The van der Waals surface area contributed by atoms with Crippen molar-refractivity contribution in [2.45, 2.75) is 18.9 Å². The maximum Gasteiger partial charge on any atom is 0.242 e. The molecule has 0 aliphatic carbocycles. The van der Waals surface area contributed by atoms with E-state index in [1.165, 1.54) is 19.1 Å². The lowest BCUT2D eigenvalue weighted by Gasteiger charge is -2.39. The van der Waals surface area contributed by atoms with Gasteiger partial charge in [0.05, 0.1) is 18.5 Å². The van der Waals surface area contributed by atoms with E-state index in [-0.39, 0.29) is 24.7 Å². The summed E-state index contributed by atoms with van der Waals surface area (Å²) in [5.41, 5.74) is 1.19. The van der Waals surface area contributed by atoms with Crippen molar-refractivity contribution in [1.82, 2.24) is 5.32 Å². The van der Waals surface area contributed by atoms with Crippen LogP contribution in [0.15, 0.2) is 18.2 Å². The second-order valence-electron chi connectivity index (χ2n) is 6.02. The number of nitrogens with zero attached hydrogens (tertiary/aromatic N) is 2. The quantitative estimate of drug-likeness (QED) is 0.606. The first-order valence-electron chi connectivity index (χ1n) is 8.37. The van der Waals surface area contributed by atoms with Crippen LogP contribution in [-0.4, -0.2) is 58.2 Å². The summed E-state index contributed by atoms with van der Waals surface area (Å²) in [6.45, 7) is 1.16. The number of carbonyl (C=O) groups excluding carboxylic acids is 4. The second kappa shape index (κ2) is 8.98. The first kappa shape index (κ1) is 19.4. The van der Waals surface area contributed by atoms with Crippen LogP contribution in [0.4, 0.5) is 11.4 Å². The second-order valence-corrected chi connectivity index (χ2v) is 6.02. The summed E-state index contributed by atoms with van der Waals surface area (Å²) in [5, 5.41) is 2.52. The molecule has 8 heteroatoms. The third-order valence-corrected chi connectivity index (χ3v) is 4.46. The van der Waals surface area contributed by atoms with Crippen molar-refractivity contribution in [3.63, 3.8) is 0 Å². The fraction of sp³-hybridized carbons (Fsp3) is 0.444. The van der Waals surface area contributed by atoms with Gasteiger partial charge in [0.2, 0.25) is 12.3 Å². The van der Waals surface area contributed by atoms with Gasteiger partial charge < -0.3 is 24.5 Å².